The molecule has 2 amide bonds. The smallest absolute Gasteiger partial charge is 0.352 e. The number of aliphatic carboxylic acids is 2. The van der Waals surface area contributed by atoms with Gasteiger partial charge in [-0.15, -0.1) is 28.2 Å². The zero-order valence-corrected chi connectivity index (χ0v) is 18.7. The van der Waals surface area contributed by atoms with Gasteiger partial charge in [0, 0.05) is 16.4 Å². The number of fused-ring (bicyclic) bond motifs is 1. The zero-order chi connectivity index (χ0) is 22.8. The van der Waals surface area contributed by atoms with E-state index >= 15 is 0 Å². The van der Waals surface area contributed by atoms with Crippen molar-refractivity contribution in [3.05, 3.63) is 33.7 Å². The monoisotopic (exact) mass is 496 g/mol. The molecule has 0 bridgehead atoms. The molecule has 4 heterocycles. The summed E-state index contributed by atoms with van der Waals surface area (Å²) >= 11 is 3.89. The third kappa shape index (κ3) is 4.49. The summed E-state index contributed by atoms with van der Waals surface area (Å²) < 4.78 is 1.10. The van der Waals surface area contributed by atoms with Crippen LogP contribution < -0.4 is 5.32 Å². The molecular weight excluding hydrogens is 480 g/mol. The lowest BCUT2D eigenvalue weighted by Crippen LogP contribution is -2.70. The Bertz CT molecular complexity index is 1100. The highest BCUT2D eigenvalue weighted by Crippen LogP contribution is 2.41. The summed E-state index contributed by atoms with van der Waals surface area (Å²) in [4.78, 5) is 49.9. The van der Waals surface area contributed by atoms with Crippen molar-refractivity contribution in [1.29, 1.82) is 0 Å². The molecule has 2 aromatic rings. The molecule has 3 N–H and O–H groups in total. The number of aromatic nitrogens is 4. The number of carboxylic acids is 2. The molecule has 0 spiro atoms. The maximum absolute atomic E-state index is 12.7. The van der Waals surface area contributed by atoms with Crippen LogP contribution in [0.25, 0.3) is 0 Å². The van der Waals surface area contributed by atoms with E-state index in [9.17, 15) is 24.3 Å². The maximum Gasteiger partial charge on any atom is 0.352 e. The topological polar surface area (TPSA) is 168 Å². The van der Waals surface area contributed by atoms with Gasteiger partial charge in [-0.25, -0.2) is 9.48 Å². The van der Waals surface area contributed by atoms with E-state index in [-0.39, 0.29) is 28.9 Å². The first-order valence-electron chi connectivity index (χ1n) is 9.17. The summed E-state index contributed by atoms with van der Waals surface area (Å²) in [5.41, 5.74) is 0.373. The van der Waals surface area contributed by atoms with Gasteiger partial charge >= 0.3 is 11.9 Å². The average molecular weight is 497 g/mol. The summed E-state index contributed by atoms with van der Waals surface area (Å²) in [6.45, 7) is -0.422. The van der Waals surface area contributed by atoms with Crippen LogP contribution >= 0.6 is 34.9 Å². The van der Waals surface area contributed by atoms with Gasteiger partial charge in [0.05, 0.1) is 6.42 Å². The first-order valence-corrected chi connectivity index (χ1v) is 12.1. The number of nitrogens with one attached hydrogen (secondary N) is 1. The quantitative estimate of drug-likeness (QED) is 0.313. The van der Waals surface area contributed by atoms with Crippen molar-refractivity contribution in [2.24, 2.45) is 0 Å². The second kappa shape index (κ2) is 9.30. The average Bonchev–Trinajstić information content (AvgIpc) is 3.41. The Morgan fingerprint density at radius 3 is 2.81 bits per heavy atom. The van der Waals surface area contributed by atoms with E-state index in [0.29, 0.717) is 11.3 Å². The summed E-state index contributed by atoms with van der Waals surface area (Å²) in [6.07, 6.45) is 0.160. The van der Waals surface area contributed by atoms with E-state index in [1.165, 1.54) is 28.0 Å². The fraction of sp³-hybridized carbons (Fsp3) is 0.353. The van der Waals surface area contributed by atoms with Gasteiger partial charge in [0.25, 0.3) is 5.91 Å². The minimum absolute atomic E-state index is 0.118. The predicted molar refractivity (Wildman–Crippen MR) is 114 cm³/mol. The van der Waals surface area contributed by atoms with Crippen LogP contribution in [-0.4, -0.2) is 82.0 Å². The van der Waals surface area contributed by atoms with Crippen molar-refractivity contribution in [2.75, 3.05) is 11.5 Å². The Kier molecular flexibility index (Phi) is 6.48. The van der Waals surface area contributed by atoms with Crippen molar-refractivity contribution in [3.63, 3.8) is 0 Å². The van der Waals surface area contributed by atoms with E-state index < -0.39 is 35.8 Å². The fourth-order valence-corrected chi connectivity index (χ4v) is 6.33. The normalized spacial score (nSPS) is 20.0. The number of rotatable bonds is 9. The minimum Gasteiger partial charge on any atom is -0.480 e. The number of hydrogen-bond acceptors (Lipinski definition) is 10. The SMILES string of the molecule is O=C(O)Cn1nnnc1SCC1=C(C(=O)O)N2C(=O)C(NC(=O)Cc3cccs3)[C@@H]2SC1. The Labute approximate surface area is 193 Å². The van der Waals surface area contributed by atoms with E-state index in [4.69, 9.17) is 5.11 Å². The molecule has 0 aliphatic carbocycles. The first-order chi connectivity index (χ1) is 15.3. The molecule has 4 rings (SSSR count). The molecule has 0 saturated carbocycles. The first kappa shape index (κ1) is 22.3. The maximum atomic E-state index is 12.7. The number of β-lactam (4-membered cyclic amide) rings is 1. The molecule has 2 aromatic heterocycles. The summed E-state index contributed by atoms with van der Waals surface area (Å²) in [7, 11) is 0. The number of tetrazole rings is 1. The summed E-state index contributed by atoms with van der Waals surface area (Å²) in [6, 6.07) is 2.89. The van der Waals surface area contributed by atoms with Gasteiger partial charge in [-0.3, -0.25) is 19.3 Å². The number of carboxylic acid groups (broad SMARTS) is 2. The number of hydrogen-bond donors (Lipinski definition) is 3. The van der Waals surface area contributed by atoms with Crippen molar-refractivity contribution in [2.45, 2.75) is 29.5 Å². The third-order valence-electron chi connectivity index (χ3n) is 4.64. The zero-order valence-electron chi connectivity index (χ0n) is 16.2. The largest absolute Gasteiger partial charge is 0.480 e. The van der Waals surface area contributed by atoms with Crippen LogP contribution in [0.15, 0.2) is 33.9 Å². The van der Waals surface area contributed by atoms with Gasteiger partial charge in [-0.1, -0.05) is 17.8 Å². The van der Waals surface area contributed by atoms with Gasteiger partial charge in [0.1, 0.15) is 23.7 Å². The van der Waals surface area contributed by atoms with Crippen LogP contribution in [0.2, 0.25) is 0 Å². The highest BCUT2D eigenvalue weighted by molar-refractivity contribution is 8.01. The van der Waals surface area contributed by atoms with Crippen LogP contribution in [0, 0.1) is 0 Å². The van der Waals surface area contributed by atoms with E-state index in [1.54, 1.807) is 0 Å². The van der Waals surface area contributed by atoms with Crippen LogP contribution in [0.3, 0.4) is 0 Å². The Morgan fingerprint density at radius 1 is 1.31 bits per heavy atom. The summed E-state index contributed by atoms with van der Waals surface area (Å²) in [5, 5.41) is 33.8. The van der Waals surface area contributed by atoms with Crippen molar-refractivity contribution < 1.29 is 29.4 Å². The van der Waals surface area contributed by atoms with Crippen LogP contribution in [0.5, 0.6) is 0 Å². The van der Waals surface area contributed by atoms with E-state index in [1.807, 2.05) is 17.5 Å². The Balaban J connectivity index is 1.44. The molecular formula is C17H16N6O6S3. The van der Waals surface area contributed by atoms with E-state index in [2.05, 4.69) is 20.8 Å². The molecule has 12 nitrogen and oxygen atoms in total. The van der Waals surface area contributed by atoms with Gasteiger partial charge in [-0.2, -0.15) is 0 Å². The van der Waals surface area contributed by atoms with Crippen molar-refractivity contribution >= 4 is 58.6 Å². The van der Waals surface area contributed by atoms with Gasteiger partial charge < -0.3 is 15.5 Å². The second-order valence-corrected chi connectivity index (χ2v) is 9.85. The molecule has 1 saturated heterocycles. The highest BCUT2D eigenvalue weighted by Gasteiger charge is 2.54. The van der Waals surface area contributed by atoms with Crippen molar-refractivity contribution in [1.82, 2.24) is 30.4 Å². The Hall–Kier alpha value is -2.91. The molecule has 1 fully saturated rings. The van der Waals surface area contributed by atoms with Gasteiger partial charge in [-0.05, 0) is 27.4 Å². The molecule has 0 aromatic carbocycles. The molecule has 32 heavy (non-hydrogen) atoms. The lowest BCUT2D eigenvalue weighted by Gasteiger charge is -2.49. The molecule has 2 atom stereocenters. The number of carbonyl (C=O) groups is 4. The molecule has 2 aliphatic rings. The number of nitrogens with zero attached hydrogens (tertiary/aromatic N) is 5. The van der Waals surface area contributed by atoms with Crippen LogP contribution in [-0.2, 0) is 32.1 Å². The minimum atomic E-state index is -1.24. The number of amides is 2. The highest BCUT2D eigenvalue weighted by atomic mass is 32.2. The van der Waals surface area contributed by atoms with E-state index in [0.717, 1.165) is 21.3 Å². The number of carbonyl (C=O) groups excluding carboxylic acids is 2. The number of thioether (sulfide) groups is 2. The fourth-order valence-electron chi connectivity index (χ4n) is 3.27. The van der Waals surface area contributed by atoms with Crippen LogP contribution in [0.4, 0.5) is 0 Å². The lowest BCUT2D eigenvalue weighted by molar-refractivity contribution is -0.150. The van der Waals surface area contributed by atoms with Gasteiger partial charge in [0.15, 0.2) is 0 Å². The predicted octanol–water partition coefficient (Wildman–Crippen LogP) is -0.107. The molecule has 0 radical (unpaired) electrons. The molecule has 15 heteroatoms. The molecule has 168 valence electrons. The second-order valence-electron chi connectivity index (χ2n) is 6.77. The molecule has 1 unspecified atom stereocenters. The standard InChI is InChI=1S/C17H16N6O6S3/c24-10(4-9-2-1-3-30-9)18-12-14(27)23-13(16(28)29)8(6-31-15(12)23)7-32-17-19-20-21-22(17)5-11(25)26/h1-3,12,15H,4-7H2,(H,18,24)(H,25,26)(H,28,29)/t12?,15-/m0/s1. The van der Waals surface area contributed by atoms with Crippen molar-refractivity contribution in [3.8, 4) is 0 Å². The molecule has 2 aliphatic heterocycles. The lowest BCUT2D eigenvalue weighted by atomic mass is 10.0. The summed E-state index contributed by atoms with van der Waals surface area (Å²) in [5.74, 6) is -2.62. The number of thiophene rings is 1. The Morgan fingerprint density at radius 2 is 2.12 bits per heavy atom. The van der Waals surface area contributed by atoms with Crippen LogP contribution in [0.1, 0.15) is 4.88 Å². The van der Waals surface area contributed by atoms with Gasteiger partial charge in [0.2, 0.25) is 11.1 Å². The third-order valence-corrected chi connectivity index (χ3v) is 7.90.